The molecule has 1 aliphatic heterocycles. The maximum Gasteiger partial charge on any atom is 0.344 e. The number of hydrogen-bond acceptors (Lipinski definition) is 6. The van der Waals surface area contributed by atoms with Gasteiger partial charge in [-0.1, -0.05) is 24.6 Å². The van der Waals surface area contributed by atoms with E-state index in [0.717, 1.165) is 41.8 Å². The molecule has 0 radical (unpaired) electrons. The molecule has 2 fully saturated rings. The third kappa shape index (κ3) is 3.73. The lowest BCUT2D eigenvalue weighted by molar-refractivity contribution is 0.0525. The number of para-hydroxylation sites is 1. The molecule has 3 heterocycles. The first-order valence-corrected chi connectivity index (χ1v) is 12.1. The van der Waals surface area contributed by atoms with Crippen molar-refractivity contribution in [1.29, 1.82) is 0 Å². The number of aryl methyl sites for hydroxylation is 1. The zero-order valence-electron chi connectivity index (χ0n) is 20.1. The van der Waals surface area contributed by atoms with Gasteiger partial charge in [-0.25, -0.2) is 9.78 Å². The van der Waals surface area contributed by atoms with E-state index in [1.807, 2.05) is 30.3 Å². The van der Waals surface area contributed by atoms with Crippen molar-refractivity contribution in [2.75, 3.05) is 31.7 Å². The zero-order valence-corrected chi connectivity index (χ0v) is 20.1. The molecular formula is C27H31N3O4. The Hall–Kier alpha value is -3.35. The summed E-state index contributed by atoms with van der Waals surface area (Å²) >= 11 is 0. The molecule has 2 aliphatic rings. The molecule has 0 unspecified atom stereocenters. The molecule has 178 valence electrons. The molecule has 1 N–H and O–H groups in total. The highest BCUT2D eigenvalue weighted by Gasteiger charge is 2.41. The lowest BCUT2D eigenvalue weighted by Crippen LogP contribution is -2.47. The highest BCUT2D eigenvalue weighted by atomic mass is 16.5. The Balaban J connectivity index is 1.76. The Morgan fingerprint density at radius 1 is 1.21 bits per heavy atom. The number of piperidine rings is 1. The van der Waals surface area contributed by atoms with Gasteiger partial charge in [0.15, 0.2) is 5.75 Å². The first kappa shape index (κ1) is 22.4. The summed E-state index contributed by atoms with van der Waals surface area (Å²) in [6.07, 6.45) is 6.14. The quantitative estimate of drug-likeness (QED) is 0.547. The van der Waals surface area contributed by atoms with Crippen LogP contribution in [0.2, 0.25) is 0 Å². The number of anilines is 1. The van der Waals surface area contributed by atoms with E-state index in [2.05, 4.69) is 9.88 Å². The van der Waals surface area contributed by atoms with Gasteiger partial charge >= 0.3 is 5.97 Å². The number of aromatic amines is 1. The third-order valence-corrected chi connectivity index (χ3v) is 7.37. The first-order chi connectivity index (χ1) is 16.5. The van der Waals surface area contributed by atoms with Crippen LogP contribution in [0.5, 0.6) is 5.75 Å². The number of carbonyl (C=O) groups is 1. The molecule has 1 saturated carbocycles. The van der Waals surface area contributed by atoms with Crippen LogP contribution in [0.25, 0.3) is 22.2 Å². The molecule has 1 spiro atoms. The Morgan fingerprint density at radius 3 is 2.68 bits per heavy atom. The van der Waals surface area contributed by atoms with Crippen LogP contribution in [0.4, 0.5) is 5.82 Å². The van der Waals surface area contributed by atoms with Crippen molar-refractivity contribution in [2.45, 2.75) is 46.0 Å². The van der Waals surface area contributed by atoms with Crippen LogP contribution in [-0.4, -0.2) is 42.7 Å². The van der Waals surface area contributed by atoms with Gasteiger partial charge in [0, 0.05) is 24.0 Å². The molecule has 34 heavy (non-hydrogen) atoms. The number of benzene rings is 1. The van der Waals surface area contributed by atoms with Crippen molar-refractivity contribution in [2.24, 2.45) is 5.41 Å². The minimum absolute atomic E-state index is 0.0435. The molecule has 0 atom stereocenters. The van der Waals surface area contributed by atoms with Gasteiger partial charge in [0.2, 0.25) is 5.43 Å². The van der Waals surface area contributed by atoms with Gasteiger partial charge < -0.3 is 19.4 Å². The molecule has 1 aliphatic carbocycles. The Kier molecular flexibility index (Phi) is 5.80. The fourth-order valence-electron chi connectivity index (χ4n) is 5.55. The van der Waals surface area contributed by atoms with Crippen LogP contribution < -0.4 is 15.1 Å². The number of H-pyrrole nitrogens is 1. The van der Waals surface area contributed by atoms with E-state index in [4.69, 9.17) is 14.5 Å². The number of methoxy groups -OCH3 is 1. The Labute approximate surface area is 199 Å². The highest BCUT2D eigenvalue weighted by molar-refractivity contribution is 6.00. The van der Waals surface area contributed by atoms with Gasteiger partial charge in [-0.05, 0) is 57.1 Å². The second-order valence-electron chi connectivity index (χ2n) is 9.51. The van der Waals surface area contributed by atoms with Crippen molar-refractivity contribution < 1.29 is 14.3 Å². The number of aromatic nitrogens is 2. The van der Waals surface area contributed by atoms with Gasteiger partial charge in [-0.15, -0.1) is 0 Å². The number of rotatable bonds is 5. The zero-order chi connectivity index (χ0) is 23.9. The lowest BCUT2D eigenvalue weighted by atomic mass is 9.64. The van der Waals surface area contributed by atoms with Crippen molar-refractivity contribution in [3.63, 3.8) is 0 Å². The summed E-state index contributed by atoms with van der Waals surface area (Å²) in [5.74, 6) is 0.259. The highest BCUT2D eigenvalue weighted by Crippen LogP contribution is 2.49. The molecule has 5 rings (SSSR count). The summed E-state index contributed by atoms with van der Waals surface area (Å²) in [4.78, 5) is 37.1. The van der Waals surface area contributed by atoms with E-state index >= 15 is 0 Å². The van der Waals surface area contributed by atoms with Crippen LogP contribution in [0.1, 0.15) is 55.1 Å². The van der Waals surface area contributed by atoms with Gasteiger partial charge in [0.05, 0.1) is 30.6 Å². The van der Waals surface area contributed by atoms with Gasteiger partial charge in [0.25, 0.3) is 0 Å². The minimum atomic E-state index is -0.662. The number of esters is 1. The van der Waals surface area contributed by atoms with Crippen molar-refractivity contribution in [1.82, 2.24) is 9.97 Å². The monoisotopic (exact) mass is 461 g/mol. The average Bonchev–Trinajstić information content (AvgIpc) is 2.82. The first-order valence-electron chi connectivity index (χ1n) is 12.1. The van der Waals surface area contributed by atoms with Crippen molar-refractivity contribution >= 4 is 22.7 Å². The standard InChI is InChI=1S/C27H31N3O4/c1-4-34-26(32)21-22(28-17(2)24(33-3)23(21)31)19-15-18-9-5-6-10-20(18)29-25(19)30-14-8-13-27(16-30)11-7-12-27/h5-6,9-10,15H,4,7-8,11-14,16H2,1-3H3,(H,28,31). The van der Waals surface area contributed by atoms with Crippen LogP contribution >= 0.6 is 0 Å². The van der Waals surface area contributed by atoms with Crippen LogP contribution in [0, 0.1) is 12.3 Å². The number of pyridine rings is 2. The number of nitrogens with one attached hydrogen (secondary N) is 1. The second kappa shape index (κ2) is 8.78. The molecule has 7 nitrogen and oxygen atoms in total. The van der Waals surface area contributed by atoms with Crippen LogP contribution in [-0.2, 0) is 4.74 Å². The van der Waals surface area contributed by atoms with Crippen LogP contribution in [0.3, 0.4) is 0 Å². The summed E-state index contributed by atoms with van der Waals surface area (Å²) in [6.45, 7) is 5.52. The normalized spacial score (nSPS) is 17.0. The summed E-state index contributed by atoms with van der Waals surface area (Å²) in [7, 11) is 1.43. The van der Waals surface area contributed by atoms with Crippen molar-refractivity contribution in [3.8, 4) is 17.0 Å². The average molecular weight is 462 g/mol. The number of nitrogens with zero attached hydrogens (tertiary/aromatic N) is 2. The van der Waals surface area contributed by atoms with Crippen molar-refractivity contribution in [3.05, 3.63) is 51.8 Å². The molecule has 0 bridgehead atoms. The second-order valence-corrected chi connectivity index (χ2v) is 9.51. The summed E-state index contributed by atoms with van der Waals surface area (Å²) in [6, 6.07) is 9.97. The predicted octanol–water partition coefficient (Wildman–Crippen LogP) is 4.85. The number of fused-ring (bicyclic) bond motifs is 1. The van der Waals surface area contributed by atoms with E-state index in [9.17, 15) is 9.59 Å². The van der Waals surface area contributed by atoms with E-state index in [1.165, 1.54) is 32.8 Å². The molecule has 2 aromatic heterocycles. The number of ether oxygens (including phenoxy) is 2. The SMILES string of the molecule is CCOC(=O)c1c(-c2cc3ccccc3nc2N2CCCC3(CCC3)C2)[nH]c(C)c(OC)c1=O. The maximum absolute atomic E-state index is 13.4. The Morgan fingerprint density at radius 2 is 1.97 bits per heavy atom. The molecule has 7 heteroatoms. The van der Waals surface area contributed by atoms with Gasteiger partial charge in [-0.3, -0.25) is 4.79 Å². The van der Waals surface area contributed by atoms with E-state index in [0.29, 0.717) is 16.8 Å². The Bertz CT molecular complexity index is 1310. The predicted molar refractivity (Wildman–Crippen MR) is 133 cm³/mol. The lowest BCUT2D eigenvalue weighted by Gasteiger charge is -2.49. The molecular weight excluding hydrogens is 430 g/mol. The maximum atomic E-state index is 13.4. The van der Waals surface area contributed by atoms with E-state index in [1.54, 1.807) is 13.8 Å². The largest absolute Gasteiger partial charge is 0.491 e. The molecule has 1 saturated heterocycles. The number of hydrogen-bond donors (Lipinski definition) is 1. The van der Waals surface area contributed by atoms with Crippen LogP contribution in [0.15, 0.2) is 35.1 Å². The number of carbonyl (C=O) groups excluding carboxylic acids is 1. The fourth-order valence-corrected chi connectivity index (χ4v) is 5.55. The van der Waals surface area contributed by atoms with Gasteiger partial charge in [0.1, 0.15) is 11.4 Å². The fraction of sp³-hybridized carbons (Fsp3) is 0.444. The molecule has 1 aromatic carbocycles. The summed E-state index contributed by atoms with van der Waals surface area (Å²) in [5.41, 5.74) is 2.46. The third-order valence-electron chi connectivity index (χ3n) is 7.37. The summed E-state index contributed by atoms with van der Waals surface area (Å²) < 4.78 is 10.6. The van der Waals surface area contributed by atoms with E-state index < -0.39 is 11.4 Å². The topological polar surface area (TPSA) is 84.5 Å². The minimum Gasteiger partial charge on any atom is -0.491 e. The smallest absolute Gasteiger partial charge is 0.344 e. The molecule has 0 amide bonds. The van der Waals surface area contributed by atoms with Gasteiger partial charge in [-0.2, -0.15) is 0 Å². The summed E-state index contributed by atoms with van der Waals surface area (Å²) in [5, 5.41) is 0.945. The molecule has 3 aromatic rings. The van der Waals surface area contributed by atoms with E-state index in [-0.39, 0.29) is 17.9 Å².